The summed E-state index contributed by atoms with van der Waals surface area (Å²) < 4.78 is 25.9. The van der Waals surface area contributed by atoms with Crippen LogP contribution < -0.4 is 4.90 Å². The summed E-state index contributed by atoms with van der Waals surface area (Å²) in [6.07, 6.45) is 2.06. The zero-order chi connectivity index (χ0) is 21.3. The zero-order valence-corrected chi connectivity index (χ0v) is 19.3. The quantitative estimate of drug-likeness (QED) is 0.539. The highest BCUT2D eigenvalue weighted by atomic mass is 32.2. The first-order valence-electron chi connectivity index (χ1n) is 9.73. The van der Waals surface area contributed by atoms with Crippen LogP contribution in [0.1, 0.15) is 17.3 Å². The van der Waals surface area contributed by atoms with Crippen LogP contribution in [0.3, 0.4) is 0 Å². The van der Waals surface area contributed by atoms with Gasteiger partial charge < -0.3 is 9.80 Å². The normalized spacial score (nSPS) is 15.0. The highest BCUT2D eigenvalue weighted by Crippen LogP contribution is 2.32. The number of hydrogen-bond acceptors (Lipinski definition) is 7. The molecule has 1 amide bonds. The van der Waals surface area contributed by atoms with E-state index in [1.807, 2.05) is 6.07 Å². The van der Waals surface area contributed by atoms with E-state index in [1.165, 1.54) is 11.0 Å². The summed E-state index contributed by atoms with van der Waals surface area (Å²) in [6.45, 7) is 4.00. The fourth-order valence-electron chi connectivity index (χ4n) is 3.50. The first kappa shape index (κ1) is 21.1. The van der Waals surface area contributed by atoms with Gasteiger partial charge in [0.2, 0.25) is 0 Å². The van der Waals surface area contributed by atoms with Crippen molar-refractivity contribution in [3.05, 3.63) is 48.0 Å². The number of nitrogens with zero attached hydrogens (tertiary/aromatic N) is 3. The largest absolute Gasteiger partial charge is 0.345 e. The third-order valence-electron chi connectivity index (χ3n) is 5.25. The molecule has 2 heterocycles. The average molecular weight is 462 g/mol. The number of sulfone groups is 1. The molecule has 3 aromatic rings. The highest BCUT2D eigenvalue weighted by Gasteiger charge is 2.27. The van der Waals surface area contributed by atoms with Crippen LogP contribution in [0.25, 0.3) is 10.2 Å². The van der Waals surface area contributed by atoms with Gasteiger partial charge in [-0.3, -0.25) is 4.79 Å². The molecule has 1 saturated heterocycles. The van der Waals surface area contributed by atoms with Crippen LogP contribution in [0.5, 0.6) is 0 Å². The second kappa shape index (κ2) is 8.56. The van der Waals surface area contributed by atoms with Crippen LogP contribution in [-0.4, -0.2) is 62.4 Å². The number of fused-ring (bicyclic) bond motifs is 1. The summed E-state index contributed by atoms with van der Waals surface area (Å²) in [5.41, 5.74) is 1.25. The molecule has 158 valence electrons. The van der Waals surface area contributed by atoms with Crippen molar-refractivity contribution >= 4 is 54.2 Å². The molecule has 1 aliphatic rings. The van der Waals surface area contributed by atoms with E-state index < -0.39 is 9.84 Å². The molecule has 0 aliphatic carbocycles. The number of benzene rings is 2. The minimum absolute atomic E-state index is 0.0269. The monoisotopic (exact) mass is 461 g/mol. The SMILES string of the molecule is CCS(=O)(=O)c1ccccc1C(=O)N1CCN(c2nc3ccc(SC)cc3s2)CC1. The number of piperazine rings is 1. The molecule has 0 atom stereocenters. The minimum Gasteiger partial charge on any atom is -0.345 e. The predicted molar refractivity (Wildman–Crippen MR) is 124 cm³/mol. The Hall–Kier alpha value is -2.10. The van der Waals surface area contributed by atoms with E-state index in [4.69, 9.17) is 4.98 Å². The number of aromatic nitrogens is 1. The molecule has 2 aromatic carbocycles. The lowest BCUT2D eigenvalue weighted by Crippen LogP contribution is -2.49. The van der Waals surface area contributed by atoms with Gasteiger partial charge in [0.15, 0.2) is 15.0 Å². The Morgan fingerprint density at radius 3 is 2.57 bits per heavy atom. The van der Waals surface area contributed by atoms with Crippen molar-refractivity contribution in [1.82, 2.24) is 9.88 Å². The number of carbonyl (C=O) groups is 1. The van der Waals surface area contributed by atoms with Crippen molar-refractivity contribution in [3.8, 4) is 0 Å². The smallest absolute Gasteiger partial charge is 0.255 e. The van der Waals surface area contributed by atoms with Crippen molar-refractivity contribution in [1.29, 1.82) is 0 Å². The molecule has 1 fully saturated rings. The van der Waals surface area contributed by atoms with Gasteiger partial charge >= 0.3 is 0 Å². The van der Waals surface area contributed by atoms with Crippen molar-refractivity contribution in [2.75, 3.05) is 43.1 Å². The molecular weight excluding hydrogens is 438 g/mol. The second-order valence-electron chi connectivity index (χ2n) is 7.01. The van der Waals surface area contributed by atoms with E-state index in [2.05, 4.69) is 23.3 Å². The Morgan fingerprint density at radius 2 is 1.87 bits per heavy atom. The van der Waals surface area contributed by atoms with Gasteiger partial charge in [-0.1, -0.05) is 30.4 Å². The lowest BCUT2D eigenvalue weighted by molar-refractivity contribution is 0.0743. The fourth-order valence-corrected chi connectivity index (χ4v) is 6.15. The average Bonchev–Trinajstić information content (AvgIpc) is 3.22. The van der Waals surface area contributed by atoms with E-state index in [1.54, 1.807) is 53.1 Å². The van der Waals surface area contributed by atoms with Gasteiger partial charge in [-0.2, -0.15) is 0 Å². The van der Waals surface area contributed by atoms with Crippen LogP contribution in [0.2, 0.25) is 0 Å². The summed E-state index contributed by atoms with van der Waals surface area (Å²) >= 11 is 3.38. The molecule has 0 spiro atoms. The van der Waals surface area contributed by atoms with Crippen LogP contribution >= 0.6 is 23.1 Å². The summed E-state index contributed by atoms with van der Waals surface area (Å²) in [4.78, 5) is 23.1. The van der Waals surface area contributed by atoms with Gasteiger partial charge in [-0.05, 0) is 36.6 Å². The number of hydrogen-bond donors (Lipinski definition) is 0. The molecule has 9 heteroatoms. The Bertz CT molecular complexity index is 1180. The van der Waals surface area contributed by atoms with E-state index >= 15 is 0 Å². The molecule has 30 heavy (non-hydrogen) atoms. The Labute approximate surface area is 184 Å². The van der Waals surface area contributed by atoms with Gasteiger partial charge in [0.05, 0.1) is 26.4 Å². The number of thiazole rings is 1. The first-order chi connectivity index (χ1) is 14.4. The number of anilines is 1. The Morgan fingerprint density at radius 1 is 1.13 bits per heavy atom. The highest BCUT2D eigenvalue weighted by molar-refractivity contribution is 7.98. The topological polar surface area (TPSA) is 70.6 Å². The standard InChI is InChI=1S/C21H23N3O3S3/c1-3-30(26,27)19-7-5-4-6-16(19)20(25)23-10-12-24(13-11-23)21-22-17-9-8-15(28-2)14-18(17)29-21/h4-9,14H,3,10-13H2,1-2H3. The second-order valence-corrected chi connectivity index (χ2v) is 11.1. The molecule has 6 nitrogen and oxygen atoms in total. The van der Waals surface area contributed by atoms with Crippen molar-refractivity contribution in [2.24, 2.45) is 0 Å². The van der Waals surface area contributed by atoms with E-state index in [-0.39, 0.29) is 22.1 Å². The van der Waals surface area contributed by atoms with Gasteiger partial charge in [0.25, 0.3) is 5.91 Å². The molecule has 0 radical (unpaired) electrons. The zero-order valence-electron chi connectivity index (χ0n) is 16.9. The van der Waals surface area contributed by atoms with Gasteiger partial charge in [-0.15, -0.1) is 11.8 Å². The molecule has 0 saturated carbocycles. The van der Waals surface area contributed by atoms with E-state index in [0.717, 1.165) is 15.3 Å². The maximum atomic E-state index is 13.1. The number of amides is 1. The first-order valence-corrected chi connectivity index (χ1v) is 13.4. The molecular formula is C21H23N3O3S3. The van der Waals surface area contributed by atoms with E-state index in [9.17, 15) is 13.2 Å². The summed E-state index contributed by atoms with van der Waals surface area (Å²) in [5.74, 6) is -0.253. The molecule has 0 unspecified atom stereocenters. The van der Waals surface area contributed by atoms with Crippen LogP contribution in [0.4, 0.5) is 5.13 Å². The van der Waals surface area contributed by atoms with Crippen LogP contribution in [-0.2, 0) is 9.84 Å². The molecule has 0 bridgehead atoms. The molecule has 1 aromatic heterocycles. The lowest BCUT2D eigenvalue weighted by atomic mass is 10.2. The third-order valence-corrected chi connectivity index (χ3v) is 8.84. The summed E-state index contributed by atoms with van der Waals surface area (Å²) in [6, 6.07) is 12.8. The third kappa shape index (κ3) is 4.06. The maximum Gasteiger partial charge on any atom is 0.255 e. The summed E-state index contributed by atoms with van der Waals surface area (Å²) in [7, 11) is -3.45. The minimum atomic E-state index is -3.45. The number of rotatable bonds is 5. The van der Waals surface area contributed by atoms with Crippen LogP contribution in [0, 0.1) is 0 Å². The number of thioether (sulfide) groups is 1. The van der Waals surface area contributed by atoms with Gasteiger partial charge in [0, 0.05) is 31.1 Å². The Balaban J connectivity index is 1.50. The number of carbonyl (C=O) groups excluding carboxylic acids is 1. The van der Waals surface area contributed by atoms with Crippen molar-refractivity contribution < 1.29 is 13.2 Å². The van der Waals surface area contributed by atoms with E-state index in [0.29, 0.717) is 26.2 Å². The predicted octanol–water partition coefficient (Wildman–Crippen LogP) is 3.77. The van der Waals surface area contributed by atoms with Gasteiger partial charge in [-0.25, -0.2) is 13.4 Å². The van der Waals surface area contributed by atoms with Crippen molar-refractivity contribution in [2.45, 2.75) is 16.7 Å². The lowest BCUT2D eigenvalue weighted by Gasteiger charge is -2.34. The molecule has 1 aliphatic heterocycles. The molecule has 4 rings (SSSR count). The Kier molecular flexibility index (Phi) is 6.04. The fraction of sp³-hybridized carbons (Fsp3) is 0.333. The van der Waals surface area contributed by atoms with Crippen molar-refractivity contribution in [3.63, 3.8) is 0 Å². The van der Waals surface area contributed by atoms with Crippen LogP contribution in [0.15, 0.2) is 52.3 Å². The molecule has 0 N–H and O–H groups in total. The maximum absolute atomic E-state index is 13.1. The van der Waals surface area contributed by atoms with Gasteiger partial charge in [0.1, 0.15) is 0 Å². The summed E-state index contributed by atoms with van der Waals surface area (Å²) in [5, 5.41) is 0.962.